The molecule has 2 N–H and O–H groups in total. The molecule has 20 heavy (non-hydrogen) atoms. The highest BCUT2D eigenvalue weighted by Crippen LogP contribution is 2.34. The van der Waals surface area contributed by atoms with E-state index >= 15 is 0 Å². The van der Waals surface area contributed by atoms with Crippen molar-refractivity contribution in [1.29, 1.82) is 0 Å². The normalized spacial score (nSPS) is 15.2. The van der Waals surface area contributed by atoms with Crippen LogP contribution in [0.5, 0.6) is 0 Å². The van der Waals surface area contributed by atoms with Gasteiger partial charge in [0.2, 0.25) is 10.0 Å². The molecular formula is C14H13ClN2O2S. The maximum Gasteiger partial charge on any atom is 0.247 e. The van der Waals surface area contributed by atoms with Crippen molar-refractivity contribution in [2.24, 2.45) is 0 Å². The van der Waals surface area contributed by atoms with E-state index in [1.54, 1.807) is 12.1 Å². The summed E-state index contributed by atoms with van der Waals surface area (Å²) in [4.78, 5) is -0.00512. The molecule has 2 aromatic carbocycles. The zero-order valence-electron chi connectivity index (χ0n) is 10.6. The van der Waals surface area contributed by atoms with Crippen LogP contribution in [0.15, 0.2) is 47.4 Å². The van der Waals surface area contributed by atoms with Crippen molar-refractivity contribution in [2.75, 3.05) is 5.73 Å². The maximum atomic E-state index is 12.7. The predicted octanol–water partition coefficient (Wildman–Crippen LogP) is 2.63. The van der Waals surface area contributed by atoms with E-state index in [1.807, 2.05) is 24.3 Å². The number of sulfonamides is 1. The Bertz CT molecular complexity index is 729. The van der Waals surface area contributed by atoms with Crippen LogP contribution < -0.4 is 5.73 Å². The third-order valence-corrected chi connectivity index (χ3v) is 5.74. The minimum absolute atomic E-state index is 0.00512. The summed E-state index contributed by atoms with van der Waals surface area (Å²) in [5.41, 5.74) is 8.00. The van der Waals surface area contributed by atoms with Crippen LogP contribution in [0.2, 0.25) is 5.02 Å². The number of nitrogen functional groups attached to an aromatic ring is 1. The summed E-state index contributed by atoms with van der Waals surface area (Å²) in [6.45, 7) is 0.701. The Morgan fingerprint density at radius 1 is 1.00 bits per heavy atom. The highest BCUT2D eigenvalue weighted by molar-refractivity contribution is 7.89. The molecule has 0 bridgehead atoms. The first kappa shape index (κ1) is 13.4. The second-order valence-corrected chi connectivity index (χ2v) is 6.98. The van der Waals surface area contributed by atoms with E-state index in [2.05, 4.69) is 0 Å². The molecule has 0 fully saturated rings. The number of hydrogen-bond donors (Lipinski definition) is 1. The number of benzene rings is 2. The predicted molar refractivity (Wildman–Crippen MR) is 78.7 cm³/mol. The Hall–Kier alpha value is -1.56. The third-order valence-electron chi connectivity index (χ3n) is 3.41. The van der Waals surface area contributed by atoms with Crippen LogP contribution in [0.3, 0.4) is 0 Å². The molecule has 0 saturated heterocycles. The first-order valence-electron chi connectivity index (χ1n) is 6.11. The van der Waals surface area contributed by atoms with Gasteiger partial charge in [-0.3, -0.25) is 0 Å². The number of nitrogens with two attached hydrogens (primary N) is 1. The van der Waals surface area contributed by atoms with E-state index in [1.165, 1.54) is 10.4 Å². The van der Waals surface area contributed by atoms with Crippen LogP contribution in [-0.4, -0.2) is 12.7 Å². The van der Waals surface area contributed by atoms with Gasteiger partial charge in [-0.1, -0.05) is 41.9 Å². The topological polar surface area (TPSA) is 63.4 Å². The molecule has 6 heteroatoms. The molecule has 0 spiro atoms. The Labute approximate surface area is 122 Å². The van der Waals surface area contributed by atoms with Gasteiger partial charge in [-0.15, -0.1) is 0 Å². The maximum absolute atomic E-state index is 12.7. The fourth-order valence-corrected chi connectivity index (χ4v) is 4.43. The molecule has 4 nitrogen and oxygen atoms in total. The van der Waals surface area contributed by atoms with Gasteiger partial charge in [-0.2, -0.15) is 4.31 Å². The highest BCUT2D eigenvalue weighted by Gasteiger charge is 2.33. The van der Waals surface area contributed by atoms with E-state index in [-0.39, 0.29) is 15.6 Å². The smallest absolute Gasteiger partial charge is 0.247 e. The number of rotatable bonds is 2. The average Bonchev–Trinajstić information content (AvgIpc) is 2.82. The van der Waals surface area contributed by atoms with Crippen LogP contribution in [0.1, 0.15) is 11.1 Å². The molecule has 0 unspecified atom stereocenters. The van der Waals surface area contributed by atoms with Gasteiger partial charge >= 0.3 is 0 Å². The van der Waals surface area contributed by atoms with Gasteiger partial charge in [0.15, 0.2) is 0 Å². The molecule has 0 amide bonds. The molecule has 0 saturated carbocycles. The Balaban J connectivity index is 2.03. The second-order valence-electron chi connectivity index (χ2n) is 4.70. The van der Waals surface area contributed by atoms with Gasteiger partial charge in [0.25, 0.3) is 0 Å². The van der Waals surface area contributed by atoms with Gasteiger partial charge in [0.05, 0.1) is 10.7 Å². The summed E-state index contributed by atoms with van der Waals surface area (Å²) in [6.07, 6.45) is 0. The number of fused-ring (bicyclic) bond motifs is 1. The second kappa shape index (κ2) is 4.77. The third kappa shape index (κ3) is 2.08. The zero-order chi connectivity index (χ0) is 14.3. The summed E-state index contributed by atoms with van der Waals surface area (Å²) in [7, 11) is -3.69. The largest absolute Gasteiger partial charge is 0.398 e. The van der Waals surface area contributed by atoms with Crippen LogP contribution >= 0.6 is 11.6 Å². The molecule has 3 rings (SSSR count). The quantitative estimate of drug-likeness (QED) is 0.867. The molecule has 2 aromatic rings. The van der Waals surface area contributed by atoms with Crippen molar-refractivity contribution in [1.82, 2.24) is 4.31 Å². The number of hydrogen-bond acceptors (Lipinski definition) is 3. The molecule has 0 radical (unpaired) electrons. The van der Waals surface area contributed by atoms with Crippen molar-refractivity contribution in [3.05, 3.63) is 58.6 Å². The van der Waals surface area contributed by atoms with E-state index in [9.17, 15) is 8.42 Å². The van der Waals surface area contributed by atoms with E-state index in [4.69, 9.17) is 17.3 Å². The minimum atomic E-state index is -3.69. The Morgan fingerprint density at radius 3 is 2.15 bits per heavy atom. The van der Waals surface area contributed by atoms with Crippen LogP contribution in [0.4, 0.5) is 5.69 Å². The monoisotopic (exact) mass is 308 g/mol. The van der Waals surface area contributed by atoms with Crippen LogP contribution in [0, 0.1) is 0 Å². The number of nitrogens with zero attached hydrogens (tertiary/aromatic N) is 1. The van der Waals surface area contributed by atoms with Gasteiger partial charge in [0.1, 0.15) is 4.90 Å². The first-order valence-corrected chi connectivity index (χ1v) is 7.93. The SMILES string of the molecule is Nc1cccc(Cl)c1S(=O)(=O)N1Cc2ccccc2C1. The zero-order valence-corrected chi connectivity index (χ0v) is 12.2. The van der Waals surface area contributed by atoms with Crippen molar-refractivity contribution < 1.29 is 8.42 Å². The standard InChI is InChI=1S/C14H13ClN2O2S/c15-12-6-3-7-13(16)14(12)20(18,19)17-8-10-4-1-2-5-11(10)9-17/h1-7H,8-9,16H2. The Morgan fingerprint density at radius 2 is 1.60 bits per heavy atom. The fraction of sp³-hybridized carbons (Fsp3) is 0.143. The molecule has 1 heterocycles. The highest BCUT2D eigenvalue weighted by atomic mass is 35.5. The minimum Gasteiger partial charge on any atom is -0.398 e. The number of anilines is 1. The van der Waals surface area contributed by atoms with Gasteiger partial charge in [-0.25, -0.2) is 8.42 Å². The summed E-state index contributed by atoms with van der Waals surface area (Å²) in [5, 5.41) is 0.154. The number of halogens is 1. The van der Waals surface area contributed by atoms with Gasteiger partial charge in [-0.05, 0) is 23.3 Å². The van der Waals surface area contributed by atoms with E-state index in [0.717, 1.165) is 11.1 Å². The molecular weight excluding hydrogens is 296 g/mol. The summed E-state index contributed by atoms with van der Waals surface area (Å²) >= 11 is 6.02. The molecule has 0 aliphatic carbocycles. The van der Waals surface area contributed by atoms with Crippen molar-refractivity contribution in [2.45, 2.75) is 18.0 Å². The van der Waals surface area contributed by atoms with Gasteiger partial charge in [0, 0.05) is 13.1 Å². The fourth-order valence-electron chi connectivity index (χ4n) is 2.40. The lowest BCUT2D eigenvalue weighted by Gasteiger charge is -2.17. The Kier molecular flexibility index (Phi) is 3.20. The van der Waals surface area contributed by atoms with Crippen molar-refractivity contribution in [3.8, 4) is 0 Å². The lowest BCUT2D eigenvalue weighted by Crippen LogP contribution is -2.26. The molecule has 0 atom stereocenters. The lowest BCUT2D eigenvalue weighted by molar-refractivity contribution is 0.432. The van der Waals surface area contributed by atoms with Crippen LogP contribution in [-0.2, 0) is 23.1 Å². The molecule has 104 valence electrons. The first-order chi connectivity index (χ1) is 9.50. The van der Waals surface area contributed by atoms with Crippen molar-refractivity contribution >= 4 is 27.3 Å². The molecule has 0 aromatic heterocycles. The molecule has 1 aliphatic rings. The van der Waals surface area contributed by atoms with Crippen LogP contribution in [0.25, 0.3) is 0 Å². The lowest BCUT2D eigenvalue weighted by atomic mass is 10.1. The van der Waals surface area contributed by atoms with Gasteiger partial charge < -0.3 is 5.73 Å². The van der Waals surface area contributed by atoms with E-state index < -0.39 is 10.0 Å². The van der Waals surface area contributed by atoms with E-state index in [0.29, 0.717) is 13.1 Å². The summed E-state index contributed by atoms with van der Waals surface area (Å²) in [6, 6.07) is 12.4. The molecule has 1 aliphatic heterocycles. The van der Waals surface area contributed by atoms with Crippen molar-refractivity contribution in [3.63, 3.8) is 0 Å². The summed E-state index contributed by atoms with van der Waals surface area (Å²) in [5.74, 6) is 0. The summed E-state index contributed by atoms with van der Waals surface area (Å²) < 4.78 is 26.8. The average molecular weight is 309 g/mol.